The van der Waals surface area contributed by atoms with Crippen molar-refractivity contribution in [3.63, 3.8) is 0 Å². The van der Waals surface area contributed by atoms with Crippen LogP contribution in [0, 0.1) is 0 Å². The van der Waals surface area contributed by atoms with Crippen LogP contribution in [0.1, 0.15) is 37.4 Å². The molecule has 1 atom stereocenters. The molecule has 2 fully saturated rings. The average molecular weight is 286 g/mol. The van der Waals surface area contributed by atoms with E-state index in [2.05, 4.69) is 5.32 Å². The van der Waals surface area contributed by atoms with Crippen molar-refractivity contribution in [2.45, 2.75) is 37.4 Å². The Hall–Kier alpha value is -0.280. The second-order valence-corrected chi connectivity index (χ2v) is 6.14. The highest BCUT2D eigenvalue weighted by Gasteiger charge is 2.40. The van der Waals surface area contributed by atoms with E-state index < -0.39 is 0 Å². The van der Waals surface area contributed by atoms with Gasteiger partial charge in [-0.2, -0.15) is 0 Å². The van der Waals surface area contributed by atoms with Gasteiger partial charge >= 0.3 is 0 Å². The molecule has 0 aromatic heterocycles. The predicted octanol–water partition coefficient (Wildman–Crippen LogP) is 3.97. The number of nitrogens with one attached hydrogen (secondary N) is 1. The van der Waals surface area contributed by atoms with Crippen LogP contribution in [0.5, 0.6) is 0 Å². The molecule has 1 saturated heterocycles. The fourth-order valence-electron chi connectivity index (χ4n) is 3.06. The Morgan fingerprint density at radius 3 is 2.78 bits per heavy atom. The highest BCUT2D eigenvalue weighted by Crippen LogP contribution is 2.40. The van der Waals surface area contributed by atoms with Crippen molar-refractivity contribution in [2.24, 2.45) is 0 Å². The second kappa shape index (κ2) is 5.01. The van der Waals surface area contributed by atoms with Gasteiger partial charge in [-0.05, 0) is 31.0 Å². The Kier molecular flexibility index (Phi) is 3.55. The molecule has 1 spiro atoms. The molecule has 2 nitrogen and oxygen atoms in total. The first-order valence-corrected chi connectivity index (χ1v) is 7.28. The highest BCUT2D eigenvalue weighted by atomic mass is 35.5. The molecule has 1 aromatic carbocycles. The number of benzene rings is 1. The summed E-state index contributed by atoms with van der Waals surface area (Å²) in [6, 6.07) is 5.58. The lowest BCUT2D eigenvalue weighted by Crippen LogP contribution is -2.49. The minimum atomic E-state index is 0.0167. The third-order valence-corrected chi connectivity index (χ3v) is 4.57. The highest BCUT2D eigenvalue weighted by molar-refractivity contribution is 6.33. The summed E-state index contributed by atoms with van der Waals surface area (Å²) in [4.78, 5) is 0. The number of halogens is 2. The summed E-state index contributed by atoms with van der Waals surface area (Å²) >= 11 is 12.3. The molecule has 1 aromatic rings. The lowest BCUT2D eigenvalue weighted by Gasteiger charge is -2.39. The molecule has 2 aliphatic rings. The number of hydrogen-bond acceptors (Lipinski definition) is 2. The van der Waals surface area contributed by atoms with Crippen LogP contribution in [-0.4, -0.2) is 18.7 Å². The normalized spacial score (nSPS) is 26.7. The van der Waals surface area contributed by atoms with E-state index in [0.29, 0.717) is 5.02 Å². The zero-order valence-corrected chi connectivity index (χ0v) is 11.7. The van der Waals surface area contributed by atoms with Gasteiger partial charge in [-0.3, -0.25) is 0 Å². The number of rotatable bonds is 1. The third kappa shape index (κ3) is 2.39. The van der Waals surface area contributed by atoms with Crippen molar-refractivity contribution in [1.82, 2.24) is 5.32 Å². The van der Waals surface area contributed by atoms with Crippen molar-refractivity contribution in [1.29, 1.82) is 0 Å². The van der Waals surface area contributed by atoms with Crippen molar-refractivity contribution in [2.75, 3.05) is 13.1 Å². The summed E-state index contributed by atoms with van der Waals surface area (Å²) in [6.45, 7) is 1.77. The fraction of sp³-hybridized carbons (Fsp3) is 0.571. The number of ether oxygens (including phenoxy) is 1. The molecule has 1 aliphatic heterocycles. The molecule has 1 unspecified atom stereocenters. The molecule has 1 saturated carbocycles. The van der Waals surface area contributed by atoms with Gasteiger partial charge < -0.3 is 10.1 Å². The van der Waals surface area contributed by atoms with E-state index in [-0.39, 0.29) is 11.7 Å². The average Bonchev–Trinajstić information content (AvgIpc) is 2.80. The van der Waals surface area contributed by atoms with E-state index in [4.69, 9.17) is 27.9 Å². The second-order valence-electron chi connectivity index (χ2n) is 5.29. The molecule has 0 radical (unpaired) electrons. The first kappa shape index (κ1) is 12.7. The van der Waals surface area contributed by atoms with Gasteiger partial charge in [0, 0.05) is 28.7 Å². The number of hydrogen-bond donors (Lipinski definition) is 1. The van der Waals surface area contributed by atoms with E-state index in [9.17, 15) is 0 Å². The van der Waals surface area contributed by atoms with Gasteiger partial charge in [-0.1, -0.05) is 36.0 Å². The first-order chi connectivity index (χ1) is 8.69. The zero-order valence-electron chi connectivity index (χ0n) is 10.2. The maximum Gasteiger partial charge on any atom is 0.0972 e. The Morgan fingerprint density at radius 2 is 2.00 bits per heavy atom. The molecule has 3 rings (SSSR count). The largest absolute Gasteiger partial charge is 0.364 e. The first-order valence-electron chi connectivity index (χ1n) is 6.52. The van der Waals surface area contributed by atoms with Crippen LogP contribution < -0.4 is 5.32 Å². The van der Waals surface area contributed by atoms with Gasteiger partial charge in [0.25, 0.3) is 0 Å². The summed E-state index contributed by atoms with van der Waals surface area (Å²) in [5.74, 6) is 0. The molecule has 98 valence electrons. The number of morpholine rings is 1. The standard InChI is InChI=1S/C14H17Cl2NO/c15-10-3-4-12(16)11(7-10)13-8-17-9-14(18-13)5-1-2-6-14/h3-4,7,13,17H,1-2,5-6,8-9H2. The van der Waals surface area contributed by atoms with E-state index in [1.807, 2.05) is 18.2 Å². The van der Waals surface area contributed by atoms with Gasteiger partial charge in [0.05, 0.1) is 11.7 Å². The molecule has 0 bridgehead atoms. The lowest BCUT2D eigenvalue weighted by molar-refractivity contribution is -0.114. The van der Waals surface area contributed by atoms with Crippen LogP contribution in [0.3, 0.4) is 0 Å². The van der Waals surface area contributed by atoms with Gasteiger partial charge in [0.15, 0.2) is 0 Å². The monoisotopic (exact) mass is 285 g/mol. The van der Waals surface area contributed by atoms with E-state index in [1.54, 1.807) is 0 Å². The Balaban J connectivity index is 1.85. The Morgan fingerprint density at radius 1 is 1.22 bits per heavy atom. The summed E-state index contributed by atoms with van der Waals surface area (Å²) in [5.41, 5.74) is 1.02. The molecule has 1 N–H and O–H groups in total. The molecule has 18 heavy (non-hydrogen) atoms. The van der Waals surface area contributed by atoms with Crippen LogP contribution in [0.15, 0.2) is 18.2 Å². The van der Waals surface area contributed by atoms with Crippen LogP contribution in [0.4, 0.5) is 0 Å². The van der Waals surface area contributed by atoms with Gasteiger partial charge in [-0.15, -0.1) is 0 Å². The Labute approximate surface area is 118 Å². The molecular weight excluding hydrogens is 269 g/mol. The van der Waals surface area contributed by atoms with Crippen molar-refractivity contribution in [3.8, 4) is 0 Å². The van der Waals surface area contributed by atoms with E-state index in [1.165, 1.54) is 12.8 Å². The van der Waals surface area contributed by atoms with Gasteiger partial charge in [-0.25, -0.2) is 0 Å². The molecular formula is C14H17Cl2NO. The van der Waals surface area contributed by atoms with Crippen molar-refractivity contribution >= 4 is 23.2 Å². The lowest BCUT2D eigenvalue weighted by atomic mass is 9.97. The van der Waals surface area contributed by atoms with E-state index in [0.717, 1.165) is 36.5 Å². The minimum Gasteiger partial charge on any atom is -0.364 e. The van der Waals surface area contributed by atoms with Crippen molar-refractivity contribution in [3.05, 3.63) is 33.8 Å². The quantitative estimate of drug-likeness (QED) is 0.843. The van der Waals surface area contributed by atoms with Gasteiger partial charge in [0.1, 0.15) is 0 Å². The predicted molar refractivity (Wildman–Crippen MR) is 74.4 cm³/mol. The molecule has 1 heterocycles. The SMILES string of the molecule is Clc1ccc(Cl)c(C2CNCC3(CCCC3)O2)c1. The summed E-state index contributed by atoms with van der Waals surface area (Å²) in [7, 11) is 0. The smallest absolute Gasteiger partial charge is 0.0972 e. The topological polar surface area (TPSA) is 21.3 Å². The maximum atomic E-state index is 6.35. The Bertz CT molecular complexity index is 443. The van der Waals surface area contributed by atoms with Crippen LogP contribution in [0.2, 0.25) is 10.0 Å². The molecule has 1 aliphatic carbocycles. The van der Waals surface area contributed by atoms with Crippen LogP contribution in [0.25, 0.3) is 0 Å². The maximum absolute atomic E-state index is 6.35. The molecule has 0 amide bonds. The summed E-state index contributed by atoms with van der Waals surface area (Å²) in [5, 5.41) is 4.94. The zero-order chi connectivity index (χ0) is 12.6. The fourth-order valence-corrected chi connectivity index (χ4v) is 3.48. The van der Waals surface area contributed by atoms with E-state index >= 15 is 0 Å². The summed E-state index contributed by atoms with van der Waals surface area (Å²) < 4.78 is 6.35. The van der Waals surface area contributed by atoms with Crippen LogP contribution in [-0.2, 0) is 4.74 Å². The van der Waals surface area contributed by atoms with Crippen LogP contribution >= 0.6 is 23.2 Å². The third-order valence-electron chi connectivity index (χ3n) is 3.99. The van der Waals surface area contributed by atoms with Crippen molar-refractivity contribution < 1.29 is 4.74 Å². The van der Waals surface area contributed by atoms with Gasteiger partial charge in [0.2, 0.25) is 0 Å². The molecule has 4 heteroatoms. The summed E-state index contributed by atoms with van der Waals surface area (Å²) in [6.07, 6.45) is 4.83. The minimum absolute atomic E-state index is 0.0167.